The third kappa shape index (κ3) is 4.44. The van der Waals surface area contributed by atoms with E-state index in [1.807, 2.05) is 60.7 Å². The van der Waals surface area contributed by atoms with E-state index in [1.165, 1.54) is 5.56 Å². The topological polar surface area (TPSA) is 67.2 Å². The highest BCUT2D eigenvalue weighted by molar-refractivity contribution is 9.10. The van der Waals surface area contributed by atoms with Crippen molar-refractivity contribution in [3.63, 3.8) is 0 Å². The summed E-state index contributed by atoms with van der Waals surface area (Å²) in [6.45, 7) is 2.07. The average Bonchev–Trinajstić information content (AvgIpc) is 3.27. The molecule has 0 aliphatic carbocycles. The lowest BCUT2D eigenvalue weighted by Crippen LogP contribution is -2.34. The van der Waals surface area contributed by atoms with Crippen LogP contribution in [0.4, 0.5) is 5.69 Å². The van der Waals surface area contributed by atoms with Gasteiger partial charge >= 0.3 is 0 Å². The fourth-order valence-corrected chi connectivity index (χ4v) is 4.52. The standard InChI is InChI=1S/C27H20BrN3O2S/c1-2-16-9-11-17(12-10-16)25(32)31-27(34)29-18-13-14-24-23(15-18)30-26(33-24)21-7-3-6-20-19(21)5-4-8-22(20)28/h3-15H,2H2,1H3,(H2,29,31,32,34). The monoisotopic (exact) mass is 529 g/mol. The summed E-state index contributed by atoms with van der Waals surface area (Å²) >= 11 is 8.95. The molecular weight excluding hydrogens is 510 g/mol. The minimum absolute atomic E-state index is 0.214. The smallest absolute Gasteiger partial charge is 0.257 e. The number of carbonyl (C=O) groups excluding carboxylic acids is 1. The van der Waals surface area contributed by atoms with Gasteiger partial charge in [-0.2, -0.15) is 0 Å². The molecule has 0 aliphatic heterocycles. The van der Waals surface area contributed by atoms with Gasteiger partial charge in [0, 0.05) is 21.3 Å². The zero-order valence-electron chi connectivity index (χ0n) is 18.3. The van der Waals surface area contributed by atoms with Crippen LogP contribution in [0.1, 0.15) is 22.8 Å². The fourth-order valence-electron chi connectivity index (χ4n) is 3.81. The summed E-state index contributed by atoms with van der Waals surface area (Å²) in [4.78, 5) is 17.2. The van der Waals surface area contributed by atoms with Gasteiger partial charge in [0.1, 0.15) is 5.52 Å². The van der Waals surface area contributed by atoms with Gasteiger partial charge in [-0.25, -0.2) is 4.98 Å². The van der Waals surface area contributed by atoms with Crippen LogP contribution < -0.4 is 10.6 Å². The number of rotatable bonds is 4. The molecule has 0 spiro atoms. The zero-order valence-corrected chi connectivity index (χ0v) is 20.7. The third-order valence-electron chi connectivity index (χ3n) is 5.60. The minimum Gasteiger partial charge on any atom is -0.436 e. The van der Waals surface area contributed by atoms with Gasteiger partial charge in [0.25, 0.3) is 5.91 Å². The molecular formula is C27H20BrN3O2S. The number of halogens is 1. The highest BCUT2D eigenvalue weighted by Crippen LogP contribution is 2.34. The van der Waals surface area contributed by atoms with Crippen LogP contribution in [-0.4, -0.2) is 16.0 Å². The molecule has 5 aromatic rings. The number of anilines is 1. The van der Waals surface area contributed by atoms with Crippen molar-refractivity contribution in [2.45, 2.75) is 13.3 Å². The number of oxazole rings is 1. The molecule has 1 aromatic heterocycles. The highest BCUT2D eigenvalue weighted by atomic mass is 79.9. The average molecular weight is 530 g/mol. The second-order valence-electron chi connectivity index (χ2n) is 7.80. The molecule has 0 unspecified atom stereocenters. The molecule has 5 nitrogen and oxygen atoms in total. The Labute approximate surface area is 210 Å². The SMILES string of the molecule is CCc1ccc(C(=O)NC(=S)Nc2ccc3oc(-c4cccc5c(Br)cccc45)nc3c2)cc1. The largest absolute Gasteiger partial charge is 0.436 e. The Bertz CT molecular complexity index is 1540. The van der Waals surface area contributed by atoms with Gasteiger partial charge < -0.3 is 9.73 Å². The Balaban J connectivity index is 1.35. The van der Waals surface area contributed by atoms with Crippen molar-refractivity contribution < 1.29 is 9.21 Å². The Morgan fingerprint density at radius 2 is 1.76 bits per heavy atom. The minimum atomic E-state index is -0.257. The Morgan fingerprint density at radius 3 is 2.56 bits per heavy atom. The maximum atomic E-state index is 12.5. The van der Waals surface area contributed by atoms with Crippen LogP contribution in [0.25, 0.3) is 33.3 Å². The molecule has 0 saturated carbocycles. The van der Waals surface area contributed by atoms with Crippen LogP contribution in [0.3, 0.4) is 0 Å². The van der Waals surface area contributed by atoms with E-state index in [0.717, 1.165) is 27.2 Å². The molecule has 168 valence electrons. The number of benzene rings is 4. The summed E-state index contributed by atoms with van der Waals surface area (Å²) in [5, 5.41) is 8.14. The fraction of sp³-hybridized carbons (Fsp3) is 0.0741. The molecule has 0 saturated heterocycles. The van der Waals surface area contributed by atoms with Gasteiger partial charge in [-0.15, -0.1) is 0 Å². The first-order valence-electron chi connectivity index (χ1n) is 10.8. The number of thiocarbonyl (C=S) groups is 1. The lowest BCUT2D eigenvalue weighted by Gasteiger charge is -2.09. The molecule has 34 heavy (non-hydrogen) atoms. The summed E-state index contributed by atoms with van der Waals surface area (Å²) in [5.74, 6) is 0.286. The number of nitrogens with zero attached hydrogens (tertiary/aromatic N) is 1. The second-order valence-corrected chi connectivity index (χ2v) is 9.06. The van der Waals surface area contributed by atoms with E-state index in [1.54, 1.807) is 12.1 Å². The van der Waals surface area contributed by atoms with Crippen LogP contribution in [0, 0.1) is 0 Å². The van der Waals surface area contributed by atoms with E-state index in [4.69, 9.17) is 21.6 Å². The van der Waals surface area contributed by atoms with Crippen LogP contribution in [0.15, 0.2) is 87.8 Å². The number of aromatic nitrogens is 1. The van der Waals surface area contributed by atoms with Crippen molar-refractivity contribution in [1.82, 2.24) is 10.3 Å². The summed E-state index contributed by atoms with van der Waals surface area (Å²) in [7, 11) is 0. The van der Waals surface area contributed by atoms with Crippen LogP contribution in [-0.2, 0) is 6.42 Å². The first kappa shape index (κ1) is 22.3. The molecule has 0 aliphatic rings. The molecule has 1 amide bonds. The van der Waals surface area contributed by atoms with Crippen molar-refractivity contribution in [2.24, 2.45) is 0 Å². The van der Waals surface area contributed by atoms with E-state index >= 15 is 0 Å². The number of fused-ring (bicyclic) bond motifs is 2. The molecule has 1 heterocycles. The molecule has 4 aromatic carbocycles. The number of carbonyl (C=O) groups is 1. The van der Waals surface area contributed by atoms with E-state index in [9.17, 15) is 4.79 Å². The van der Waals surface area contributed by atoms with E-state index in [0.29, 0.717) is 28.2 Å². The summed E-state index contributed by atoms with van der Waals surface area (Å²) in [6, 6.07) is 25.1. The maximum absolute atomic E-state index is 12.5. The molecule has 0 atom stereocenters. The second kappa shape index (κ2) is 9.37. The van der Waals surface area contributed by atoms with E-state index < -0.39 is 0 Å². The third-order valence-corrected chi connectivity index (χ3v) is 6.49. The van der Waals surface area contributed by atoms with E-state index in [2.05, 4.69) is 39.6 Å². The summed E-state index contributed by atoms with van der Waals surface area (Å²) < 4.78 is 7.07. The van der Waals surface area contributed by atoms with Crippen molar-refractivity contribution in [3.8, 4) is 11.5 Å². The van der Waals surface area contributed by atoms with Gasteiger partial charge in [-0.05, 0) is 77.4 Å². The lowest BCUT2D eigenvalue weighted by atomic mass is 10.0. The maximum Gasteiger partial charge on any atom is 0.257 e. The van der Waals surface area contributed by atoms with E-state index in [-0.39, 0.29) is 11.0 Å². The van der Waals surface area contributed by atoms with Crippen molar-refractivity contribution >= 4 is 66.7 Å². The van der Waals surface area contributed by atoms with Crippen molar-refractivity contribution in [1.29, 1.82) is 0 Å². The van der Waals surface area contributed by atoms with Gasteiger partial charge in [-0.1, -0.05) is 59.3 Å². The Hall–Kier alpha value is -3.55. The first-order valence-corrected chi connectivity index (χ1v) is 12.0. The Morgan fingerprint density at radius 1 is 1.00 bits per heavy atom. The zero-order chi connectivity index (χ0) is 23.7. The first-order chi connectivity index (χ1) is 16.5. The predicted octanol–water partition coefficient (Wildman–Crippen LogP) is 7.10. The van der Waals surface area contributed by atoms with Gasteiger partial charge in [0.15, 0.2) is 10.7 Å². The number of aryl methyl sites for hydroxylation is 1. The van der Waals surface area contributed by atoms with Crippen LogP contribution in [0.5, 0.6) is 0 Å². The van der Waals surface area contributed by atoms with Crippen molar-refractivity contribution in [2.75, 3.05) is 5.32 Å². The number of amides is 1. The molecule has 7 heteroatoms. The van der Waals surface area contributed by atoms with Crippen LogP contribution in [0.2, 0.25) is 0 Å². The normalized spacial score (nSPS) is 11.0. The summed E-state index contributed by atoms with van der Waals surface area (Å²) in [6.07, 6.45) is 0.923. The molecule has 5 rings (SSSR count). The van der Waals surface area contributed by atoms with Gasteiger partial charge in [0.05, 0.1) is 0 Å². The number of hydrogen-bond donors (Lipinski definition) is 2. The number of nitrogens with one attached hydrogen (secondary N) is 2. The molecule has 2 N–H and O–H groups in total. The quantitative estimate of drug-likeness (QED) is 0.243. The van der Waals surface area contributed by atoms with Crippen LogP contribution >= 0.6 is 28.1 Å². The van der Waals surface area contributed by atoms with Gasteiger partial charge in [0.2, 0.25) is 5.89 Å². The lowest BCUT2D eigenvalue weighted by molar-refractivity contribution is 0.0977. The van der Waals surface area contributed by atoms with Crippen molar-refractivity contribution in [3.05, 3.63) is 94.5 Å². The predicted molar refractivity (Wildman–Crippen MR) is 144 cm³/mol. The van der Waals surface area contributed by atoms with Gasteiger partial charge in [-0.3, -0.25) is 10.1 Å². The Kier molecular flexibility index (Phi) is 6.13. The molecule has 0 radical (unpaired) electrons. The highest BCUT2D eigenvalue weighted by Gasteiger charge is 2.14. The molecule has 0 fully saturated rings. The summed E-state index contributed by atoms with van der Waals surface area (Å²) in [5.41, 5.74) is 4.71. The molecule has 0 bridgehead atoms. The number of hydrogen-bond acceptors (Lipinski definition) is 4.